The standard InChI is InChI=1S/C17H25NO2/c1-2-5-15(6-3-1)7-4-10-18-11-8-16(9-12-18)17-19-13-14-20-17/h1-3,5-6,16-17H,4,7-14H2/p+1. The van der Waals surface area contributed by atoms with E-state index in [2.05, 4.69) is 30.3 Å². The topological polar surface area (TPSA) is 22.9 Å². The van der Waals surface area contributed by atoms with E-state index in [1.807, 2.05) is 0 Å². The largest absolute Gasteiger partial charge is 0.350 e. The molecule has 0 amide bonds. The molecule has 2 aliphatic heterocycles. The lowest BCUT2D eigenvalue weighted by atomic mass is 9.96. The van der Waals surface area contributed by atoms with Crippen LogP contribution in [-0.2, 0) is 15.9 Å². The Hall–Kier alpha value is -0.900. The van der Waals surface area contributed by atoms with Gasteiger partial charge in [0.25, 0.3) is 0 Å². The molecule has 20 heavy (non-hydrogen) atoms. The minimum atomic E-state index is 0.0980. The van der Waals surface area contributed by atoms with Crippen molar-refractivity contribution in [3.8, 4) is 0 Å². The lowest BCUT2D eigenvalue weighted by molar-refractivity contribution is -0.906. The molecule has 0 saturated carbocycles. The second-order valence-electron chi connectivity index (χ2n) is 6.04. The second kappa shape index (κ2) is 7.21. The van der Waals surface area contributed by atoms with Crippen LogP contribution in [0.15, 0.2) is 30.3 Å². The first kappa shape index (κ1) is 14.1. The molecule has 3 nitrogen and oxygen atoms in total. The van der Waals surface area contributed by atoms with Gasteiger partial charge in [-0.15, -0.1) is 0 Å². The molecular formula is C17H26NO2+. The normalized spacial score (nSPS) is 27.8. The summed E-state index contributed by atoms with van der Waals surface area (Å²) in [5, 5.41) is 0. The van der Waals surface area contributed by atoms with Gasteiger partial charge in [0.1, 0.15) is 0 Å². The van der Waals surface area contributed by atoms with Gasteiger partial charge in [-0.3, -0.25) is 0 Å². The van der Waals surface area contributed by atoms with Gasteiger partial charge in [0.2, 0.25) is 0 Å². The Balaban J connectivity index is 1.34. The number of likely N-dealkylation sites (tertiary alicyclic amines) is 1. The van der Waals surface area contributed by atoms with Crippen molar-refractivity contribution in [3.05, 3.63) is 35.9 Å². The van der Waals surface area contributed by atoms with Gasteiger partial charge in [0.05, 0.1) is 32.8 Å². The zero-order chi connectivity index (χ0) is 13.6. The molecule has 1 aromatic rings. The van der Waals surface area contributed by atoms with Crippen molar-refractivity contribution >= 4 is 0 Å². The molecule has 0 atom stereocenters. The van der Waals surface area contributed by atoms with Crippen LogP contribution >= 0.6 is 0 Å². The first-order chi connectivity index (χ1) is 9.92. The van der Waals surface area contributed by atoms with Crippen molar-refractivity contribution in [1.29, 1.82) is 0 Å². The van der Waals surface area contributed by atoms with Crippen LogP contribution in [-0.4, -0.2) is 39.1 Å². The van der Waals surface area contributed by atoms with Crippen LogP contribution in [0.4, 0.5) is 0 Å². The van der Waals surface area contributed by atoms with Crippen LogP contribution in [0, 0.1) is 5.92 Å². The third-order valence-electron chi connectivity index (χ3n) is 4.61. The Labute approximate surface area is 121 Å². The van der Waals surface area contributed by atoms with E-state index in [0.717, 1.165) is 13.2 Å². The van der Waals surface area contributed by atoms with E-state index >= 15 is 0 Å². The van der Waals surface area contributed by atoms with Gasteiger partial charge < -0.3 is 14.4 Å². The molecule has 2 heterocycles. The molecule has 1 N–H and O–H groups in total. The molecule has 0 unspecified atom stereocenters. The summed E-state index contributed by atoms with van der Waals surface area (Å²) < 4.78 is 11.3. The van der Waals surface area contributed by atoms with E-state index in [4.69, 9.17) is 9.47 Å². The number of quaternary nitrogens is 1. The van der Waals surface area contributed by atoms with Gasteiger partial charge in [-0.1, -0.05) is 30.3 Å². The first-order valence-corrected chi connectivity index (χ1v) is 8.02. The van der Waals surface area contributed by atoms with Crippen molar-refractivity contribution in [2.24, 2.45) is 5.92 Å². The molecule has 0 radical (unpaired) electrons. The zero-order valence-electron chi connectivity index (χ0n) is 12.2. The summed E-state index contributed by atoms with van der Waals surface area (Å²) in [5.74, 6) is 0.635. The number of hydrogen-bond acceptors (Lipinski definition) is 2. The third kappa shape index (κ3) is 3.81. The molecule has 3 rings (SSSR count). The van der Waals surface area contributed by atoms with Crippen LogP contribution in [0.25, 0.3) is 0 Å². The summed E-state index contributed by atoms with van der Waals surface area (Å²) in [6.07, 6.45) is 5.11. The zero-order valence-corrected chi connectivity index (χ0v) is 12.2. The van der Waals surface area contributed by atoms with Gasteiger partial charge in [-0.05, 0) is 12.0 Å². The maximum Gasteiger partial charge on any atom is 0.161 e. The number of nitrogens with one attached hydrogen (secondary N) is 1. The molecule has 2 fully saturated rings. The Kier molecular flexibility index (Phi) is 5.06. The van der Waals surface area contributed by atoms with Crippen LogP contribution in [0.5, 0.6) is 0 Å². The summed E-state index contributed by atoms with van der Waals surface area (Å²) >= 11 is 0. The molecule has 0 aromatic heterocycles. The molecule has 0 aliphatic carbocycles. The Bertz CT molecular complexity index is 381. The molecule has 2 aliphatic rings. The van der Waals surface area contributed by atoms with Crippen LogP contribution < -0.4 is 4.90 Å². The van der Waals surface area contributed by atoms with Gasteiger partial charge in [0, 0.05) is 25.2 Å². The molecule has 1 aromatic carbocycles. The number of aryl methyl sites for hydroxylation is 1. The SMILES string of the molecule is c1ccc(CCC[NH+]2CCC(C3OCCO3)CC2)cc1. The summed E-state index contributed by atoms with van der Waals surface area (Å²) in [6.45, 7) is 5.43. The molecule has 2 saturated heterocycles. The number of ether oxygens (including phenoxy) is 2. The summed E-state index contributed by atoms with van der Waals surface area (Å²) in [5.41, 5.74) is 1.47. The van der Waals surface area contributed by atoms with E-state index in [1.165, 1.54) is 50.9 Å². The summed E-state index contributed by atoms with van der Waals surface area (Å²) in [4.78, 5) is 1.76. The summed E-state index contributed by atoms with van der Waals surface area (Å²) in [7, 11) is 0. The molecule has 3 heteroatoms. The van der Waals surface area contributed by atoms with Crippen LogP contribution in [0.3, 0.4) is 0 Å². The Morgan fingerprint density at radius 3 is 2.40 bits per heavy atom. The maximum atomic E-state index is 5.64. The van der Waals surface area contributed by atoms with Gasteiger partial charge in [-0.25, -0.2) is 0 Å². The van der Waals surface area contributed by atoms with E-state index in [-0.39, 0.29) is 6.29 Å². The average molecular weight is 276 g/mol. The number of hydrogen-bond donors (Lipinski definition) is 1. The molecule has 0 bridgehead atoms. The predicted molar refractivity (Wildman–Crippen MR) is 78.7 cm³/mol. The minimum absolute atomic E-state index is 0.0980. The van der Waals surface area contributed by atoms with Crippen molar-refractivity contribution < 1.29 is 14.4 Å². The van der Waals surface area contributed by atoms with Crippen molar-refractivity contribution in [1.82, 2.24) is 0 Å². The molecule has 110 valence electrons. The molecule has 0 spiro atoms. The van der Waals surface area contributed by atoms with Gasteiger partial charge in [0.15, 0.2) is 6.29 Å². The predicted octanol–water partition coefficient (Wildman–Crippen LogP) is 1.29. The minimum Gasteiger partial charge on any atom is -0.350 e. The van der Waals surface area contributed by atoms with Crippen LogP contribution in [0.1, 0.15) is 24.8 Å². The van der Waals surface area contributed by atoms with Crippen molar-refractivity contribution in [2.75, 3.05) is 32.8 Å². The molecular weight excluding hydrogens is 250 g/mol. The van der Waals surface area contributed by atoms with E-state index in [0.29, 0.717) is 5.92 Å². The van der Waals surface area contributed by atoms with Crippen molar-refractivity contribution in [3.63, 3.8) is 0 Å². The van der Waals surface area contributed by atoms with E-state index in [1.54, 1.807) is 4.90 Å². The van der Waals surface area contributed by atoms with Crippen molar-refractivity contribution in [2.45, 2.75) is 32.0 Å². The summed E-state index contributed by atoms with van der Waals surface area (Å²) in [6, 6.07) is 10.8. The smallest absolute Gasteiger partial charge is 0.161 e. The van der Waals surface area contributed by atoms with Gasteiger partial charge in [-0.2, -0.15) is 0 Å². The Morgan fingerprint density at radius 2 is 1.70 bits per heavy atom. The number of piperidine rings is 1. The highest BCUT2D eigenvalue weighted by Crippen LogP contribution is 2.21. The van der Waals surface area contributed by atoms with Crippen LogP contribution in [0.2, 0.25) is 0 Å². The fourth-order valence-electron chi connectivity index (χ4n) is 3.41. The number of rotatable bonds is 5. The highest BCUT2D eigenvalue weighted by molar-refractivity contribution is 5.14. The monoisotopic (exact) mass is 276 g/mol. The lowest BCUT2D eigenvalue weighted by Crippen LogP contribution is -3.13. The maximum absolute atomic E-state index is 5.64. The fraction of sp³-hybridized carbons (Fsp3) is 0.647. The lowest BCUT2D eigenvalue weighted by Gasteiger charge is -2.31. The van der Waals surface area contributed by atoms with E-state index in [9.17, 15) is 0 Å². The number of benzene rings is 1. The highest BCUT2D eigenvalue weighted by Gasteiger charge is 2.31. The quantitative estimate of drug-likeness (QED) is 0.876. The fourth-order valence-corrected chi connectivity index (χ4v) is 3.41. The van der Waals surface area contributed by atoms with Gasteiger partial charge >= 0.3 is 0 Å². The Morgan fingerprint density at radius 1 is 1.00 bits per heavy atom. The first-order valence-electron chi connectivity index (χ1n) is 8.02. The average Bonchev–Trinajstić information content (AvgIpc) is 3.03. The second-order valence-corrected chi connectivity index (χ2v) is 6.04. The third-order valence-corrected chi connectivity index (χ3v) is 4.61. The highest BCUT2D eigenvalue weighted by atomic mass is 16.7. The van der Waals surface area contributed by atoms with E-state index < -0.39 is 0 Å².